The van der Waals surface area contributed by atoms with Gasteiger partial charge in [-0.15, -0.1) is 0 Å². The summed E-state index contributed by atoms with van der Waals surface area (Å²) in [5.41, 5.74) is 5.13. The third kappa shape index (κ3) is 7.90. The molecule has 2 atom stereocenters. The van der Waals surface area contributed by atoms with Crippen LogP contribution < -0.4 is 20.3 Å². The van der Waals surface area contributed by atoms with Gasteiger partial charge in [0.25, 0.3) is 5.56 Å². The molecule has 1 aromatic heterocycles. The predicted molar refractivity (Wildman–Crippen MR) is 201 cm³/mol. The first-order valence-corrected chi connectivity index (χ1v) is 18.2. The summed E-state index contributed by atoms with van der Waals surface area (Å²) in [6, 6.07) is 23.4. The molecule has 0 aliphatic heterocycles. The van der Waals surface area contributed by atoms with E-state index in [9.17, 15) is 14.4 Å². The Morgan fingerprint density at radius 3 is 2.12 bits per heavy atom. The Labute approximate surface area is 301 Å². The van der Waals surface area contributed by atoms with Crippen molar-refractivity contribution in [2.45, 2.75) is 104 Å². The average Bonchev–Trinajstić information content (AvgIpc) is 3.87. The Hall–Kier alpha value is -4.85. The van der Waals surface area contributed by atoms with E-state index in [0.29, 0.717) is 11.5 Å². The van der Waals surface area contributed by atoms with E-state index in [-0.39, 0.29) is 47.0 Å². The lowest BCUT2D eigenvalue weighted by atomic mass is 9.92. The Morgan fingerprint density at radius 2 is 1.49 bits per heavy atom. The van der Waals surface area contributed by atoms with Gasteiger partial charge in [-0.3, -0.25) is 14.4 Å². The van der Waals surface area contributed by atoms with Gasteiger partial charge in [0.15, 0.2) is 0 Å². The molecule has 2 fully saturated rings. The van der Waals surface area contributed by atoms with Crippen LogP contribution >= 0.6 is 0 Å². The zero-order valence-electron chi connectivity index (χ0n) is 31.0. The van der Waals surface area contributed by atoms with Crippen molar-refractivity contribution < 1.29 is 19.1 Å². The molecular formula is C43H51N3O5. The van der Waals surface area contributed by atoms with E-state index in [1.165, 1.54) is 0 Å². The maximum Gasteiger partial charge on any atom is 0.254 e. The van der Waals surface area contributed by atoms with Gasteiger partial charge in [0, 0.05) is 48.8 Å². The average molecular weight is 690 g/mol. The van der Waals surface area contributed by atoms with Gasteiger partial charge in [-0.2, -0.15) is 0 Å². The molecule has 8 nitrogen and oxygen atoms in total. The molecule has 0 bridgehead atoms. The van der Waals surface area contributed by atoms with Gasteiger partial charge < -0.3 is 24.3 Å². The quantitative estimate of drug-likeness (QED) is 0.170. The highest BCUT2D eigenvalue weighted by molar-refractivity contribution is 5.85. The van der Waals surface area contributed by atoms with Crippen molar-refractivity contribution in [3.05, 3.63) is 112 Å². The third-order valence-corrected chi connectivity index (χ3v) is 10.9. The SMILES string of the molecule is CC(=O)N([C@H](C)c1ccc(Oc2c(C)cccc2C)c(-c2cn(C)c(=O)cc2OC2CCC(NC(=O)C3(C)CC3)CC2)c1)[C@@H](C)c1ccccc1. The number of rotatable bonds is 11. The fourth-order valence-electron chi connectivity index (χ4n) is 7.30. The Balaban J connectivity index is 1.36. The third-order valence-electron chi connectivity index (χ3n) is 10.9. The lowest BCUT2D eigenvalue weighted by Gasteiger charge is -2.35. The van der Waals surface area contributed by atoms with Gasteiger partial charge in [-0.1, -0.05) is 61.5 Å². The molecule has 6 rings (SSSR count). The lowest BCUT2D eigenvalue weighted by molar-refractivity contribution is -0.133. The maximum atomic E-state index is 13.2. The van der Waals surface area contributed by atoms with Crippen LogP contribution in [0.15, 0.2) is 83.8 Å². The predicted octanol–water partition coefficient (Wildman–Crippen LogP) is 8.74. The summed E-state index contributed by atoms with van der Waals surface area (Å²) < 4.78 is 15.0. The van der Waals surface area contributed by atoms with E-state index in [4.69, 9.17) is 9.47 Å². The summed E-state index contributed by atoms with van der Waals surface area (Å²) >= 11 is 0. The van der Waals surface area contributed by atoms with Gasteiger partial charge in [0.1, 0.15) is 17.2 Å². The van der Waals surface area contributed by atoms with Crippen LogP contribution in [0.4, 0.5) is 0 Å². The molecule has 51 heavy (non-hydrogen) atoms. The minimum atomic E-state index is -0.272. The fourth-order valence-corrected chi connectivity index (χ4v) is 7.30. The number of aromatic nitrogens is 1. The van der Waals surface area contributed by atoms with Gasteiger partial charge in [-0.25, -0.2) is 0 Å². The van der Waals surface area contributed by atoms with E-state index in [1.807, 2.05) is 99.5 Å². The van der Waals surface area contributed by atoms with Crippen LogP contribution in [-0.4, -0.2) is 33.4 Å². The molecule has 0 saturated heterocycles. The molecule has 2 aliphatic carbocycles. The van der Waals surface area contributed by atoms with E-state index in [1.54, 1.807) is 24.6 Å². The van der Waals surface area contributed by atoms with Gasteiger partial charge in [0.2, 0.25) is 11.8 Å². The van der Waals surface area contributed by atoms with Crippen LogP contribution in [0, 0.1) is 19.3 Å². The molecule has 0 radical (unpaired) electrons. The molecule has 268 valence electrons. The number of hydrogen-bond donors (Lipinski definition) is 1. The summed E-state index contributed by atoms with van der Waals surface area (Å²) in [5.74, 6) is 2.02. The number of aryl methyl sites for hydroxylation is 3. The van der Waals surface area contributed by atoms with Crippen LogP contribution in [-0.2, 0) is 16.6 Å². The second kappa shape index (κ2) is 14.8. The Bertz CT molecular complexity index is 1940. The zero-order valence-corrected chi connectivity index (χ0v) is 31.0. The number of carbonyl (C=O) groups is 2. The van der Waals surface area contributed by atoms with Gasteiger partial charge >= 0.3 is 0 Å². The molecule has 2 saturated carbocycles. The molecular weight excluding hydrogens is 638 g/mol. The number of para-hydroxylation sites is 1. The number of nitrogens with one attached hydrogen (secondary N) is 1. The summed E-state index contributed by atoms with van der Waals surface area (Å²) in [4.78, 5) is 40.9. The molecule has 0 spiro atoms. The standard InChI is InChI=1S/C43H51N3O5/c1-27-12-11-13-28(2)41(27)51-38-21-16-33(30(4)46(31(5)47)29(3)32-14-9-8-10-15-32)24-36(38)37-26-45(7)40(48)25-39(37)50-35-19-17-34(18-20-35)44-42(49)43(6)22-23-43/h8-16,21,24-26,29-30,34-35H,17-20,22-23H2,1-7H3,(H,44,49)/t29-,30+,34?,35?/m0/s1. The van der Waals surface area contributed by atoms with Crippen LogP contribution in [0.5, 0.6) is 17.2 Å². The van der Waals surface area contributed by atoms with Crippen LogP contribution in [0.3, 0.4) is 0 Å². The number of ether oxygens (including phenoxy) is 2. The van der Waals surface area contributed by atoms with Gasteiger partial charge in [0.05, 0.1) is 18.2 Å². The minimum absolute atomic E-state index is 0.0274. The van der Waals surface area contributed by atoms with E-state index in [0.717, 1.165) is 77.7 Å². The van der Waals surface area contributed by atoms with Crippen LogP contribution in [0.25, 0.3) is 11.1 Å². The second-order valence-corrected chi connectivity index (χ2v) is 14.9. The summed E-state index contributed by atoms with van der Waals surface area (Å²) in [5, 5.41) is 3.26. The fraction of sp³-hybridized carbons (Fsp3) is 0.419. The Morgan fingerprint density at radius 1 is 0.843 bits per heavy atom. The number of amides is 2. The molecule has 1 N–H and O–H groups in total. The highest BCUT2D eigenvalue weighted by Crippen LogP contribution is 2.46. The van der Waals surface area contributed by atoms with Crippen molar-refractivity contribution in [2.75, 3.05) is 0 Å². The summed E-state index contributed by atoms with van der Waals surface area (Å²) in [6.45, 7) is 11.8. The molecule has 0 unspecified atom stereocenters. The van der Waals surface area contributed by atoms with E-state index in [2.05, 4.69) is 18.3 Å². The Kier molecular flexibility index (Phi) is 10.4. The number of pyridine rings is 1. The largest absolute Gasteiger partial charge is 0.490 e. The smallest absolute Gasteiger partial charge is 0.254 e. The number of nitrogens with zero attached hydrogens (tertiary/aromatic N) is 2. The minimum Gasteiger partial charge on any atom is -0.490 e. The van der Waals surface area contributed by atoms with Crippen molar-refractivity contribution in [1.82, 2.24) is 14.8 Å². The van der Waals surface area contributed by atoms with Crippen molar-refractivity contribution in [2.24, 2.45) is 12.5 Å². The van der Waals surface area contributed by atoms with Crippen LogP contribution in [0.1, 0.15) is 101 Å². The highest BCUT2D eigenvalue weighted by atomic mass is 16.5. The van der Waals surface area contributed by atoms with Crippen LogP contribution in [0.2, 0.25) is 0 Å². The first-order valence-electron chi connectivity index (χ1n) is 18.2. The first kappa shape index (κ1) is 36.0. The lowest BCUT2D eigenvalue weighted by Crippen LogP contribution is -2.42. The highest BCUT2D eigenvalue weighted by Gasteiger charge is 2.45. The maximum absolute atomic E-state index is 13.2. The van der Waals surface area contributed by atoms with Gasteiger partial charge in [-0.05, 0) is 101 Å². The number of benzene rings is 3. The summed E-state index contributed by atoms with van der Waals surface area (Å²) in [6.07, 6.45) is 6.80. The molecule has 1 heterocycles. The number of hydrogen-bond acceptors (Lipinski definition) is 5. The van der Waals surface area contributed by atoms with E-state index >= 15 is 0 Å². The molecule has 4 aromatic rings. The molecule has 2 aliphatic rings. The first-order chi connectivity index (χ1) is 24.3. The number of carbonyl (C=O) groups excluding carboxylic acids is 2. The molecule has 2 amide bonds. The monoisotopic (exact) mass is 689 g/mol. The van der Waals surface area contributed by atoms with E-state index < -0.39 is 0 Å². The topological polar surface area (TPSA) is 89.9 Å². The zero-order chi connectivity index (χ0) is 36.4. The van der Waals surface area contributed by atoms with Crippen molar-refractivity contribution >= 4 is 11.8 Å². The normalized spacial score (nSPS) is 19.0. The van der Waals surface area contributed by atoms with Crippen molar-refractivity contribution in [1.29, 1.82) is 0 Å². The van der Waals surface area contributed by atoms with Crippen molar-refractivity contribution in [3.8, 4) is 28.4 Å². The summed E-state index contributed by atoms with van der Waals surface area (Å²) in [7, 11) is 1.74. The molecule has 8 heteroatoms. The molecule has 3 aromatic carbocycles. The second-order valence-electron chi connectivity index (χ2n) is 14.9. The van der Waals surface area contributed by atoms with Crippen molar-refractivity contribution in [3.63, 3.8) is 0 Å².